The van der Waals surface area contributed by atoms with Gasteiger partial charge in [0.15, 0.2) is 5.65 Å². The standard InChI is InChI=1S/C15H10ClF3N4O/c1-9(16)7-22-8-20-13-12(14(22)24)6-21-23(13)11-4-2-3-10(5-11)15(17,18)19/h2-6,8H,1,7H2. The van der Waals surface area contributed by atoms with Gasteiger partial charge in [0, 0.05) is 5.03 Å². The quantitative estimate of drug-likeness (QED) is 0.724. The van der Waals surface area contributed by atoms with Crippen LogP contribution in [0.15, 0.2) is 53.2 Å². The van der Waals surface area contributed by atoms with Crippen LogP contribution in [0.2, 0.25) is 0 Å². The lowest BCUT2D eigenvalue weighted by atomic mass is 10.2. The van der Waals surface area contributed by atoms with Crippen molar-refractivity contribution in [1.29, 1.82) is 0 Å². The Balaban J connectivity index is 2.14. The van der Waals surface area contributed by atoms with Gasteiger partial charge in [0.25, 0.3) is 5.56 Å². The molecular weight excluding hydrogens is 345 g/mol. The Labute approximate surface area is 138 Å². The second-order valence-corrected chi connectivity index (χ2v) is 5.57. The molecule has 0 atom stereocenters. The molecule has 1 aromatic carbocycles. The highest BCUT2D eigenvalue weighted by molar-refractivity contribution is 6.29. The first-order chi connectivity index (χ1) is 11.3. The van der Waals surface area contributed by atoms with Crippen LogP contribution in [0.5, 0.6) is 0 Å². The summed E-state index contributed by atoms with van der Waals surface area (Å²) in [5.41, 5.74) is -0.891. The van der Waals surface area contributed by atoms with Crippen molar-refractivity contribution in [3.05, 3.63) is 64.3 Å². The van der Waals surface area contributed by atoms with E-state index in [-0.39, 0.29) is 28.3 Å². The van der Waals surface area contributed by atoms with Gasteiger partial charge in [-0.05, 0) is 18.2 Å². The highest BCUT2D eigenvalue weighted by Crippen LogP contribution is 2.30. The van der Waals surface area contributed by atoms with E-state index < -0.39 is 17.3 Å². The van der Waals surface area contributed by atoms with E-state index in [9.17, 15) is 18.0 Å². The van der Waals surface area contributed by atoms with Gasteiger partial charge in [0.2, 0.25) is 0 Å². The molecule has 0 saturated heterocycles. The van der Waals surface area contributed by atoms with Crippen LogP contribution in [0.3, 0.4) is 0 Å². The molecule has 3 aromatic rings. The van der Waals surface area contributed by atoms with E-state index >= 15 is 0 Å². The number of hydrogen-bond donors (Lipinski definition) is 0. The molecule has 0 amide bonds. The number of rotatable bonds is 3. The number of hydrogen-bond acceptors (Lipinski definition) is 3. The van der Waals surface area contributed by atoms with E-state index in [1.54, 1.807) is 0 Å². The van der Waals surface area contributed by atoms with Crippen molar-refractivity contribution in [1.82, 2.24) is 19.3 Å². The second kappa shape index (κ2) is 5.79. The Morgan fingerprint density at radius 3 is 2.75 bits per heavy atom. The minimum atomic E-state index is -4.47. The van der Waals surface area contributed by atoms with Crippen LogP contribution in [0, 0.1) is 0 Å². The van der Waals surface area contributed by atoms with Gasteiger partial charge in [-0.3, -0.25) is 9.36 Å². The first-order valence-corrected chi connectivity index (χ1v) is 7.09. The SMILES string of the molecule is C=C(Cl)Cn1cnc2c(cnn2-c2cccc(C(F)(F)F)c2)c1=O. The van der Waals surface area contributed by atoms with E-state index in [0.717, 1.165) is 12.1 Å². The maximum atomic E-state index is 12.8. The maximum absolute atomic E-state index is 12.8. The smallest absolute Gasteiger partial charge is 0.293 e. The topological polar surface area (TPSA) is 52.7 Å². The van der Waals surface area contributed by atoms with Crippen LogP contribution < -0.4 is 5.56 Å². The monoisotopic (exact) mass is 354 g/mol. The van der Waals surface area contributed by atoms with Crippen molar-refractivity contribution in [3.63, 3.8) is 0 Å². The average Bonchev–Trinajstić information content (AvgIpc) is 2.94. The summed E-state index contributed by atoms with van der Waals surface area (Å²) in [6, 6.07) is 4.63. The molecule has 0 bridgehead atoms. The summed E-state index contributed by atoms with van der Waals surface area (Å²) in [7, 11) is 0. The summed E-state index contributed by atoms with van der Waals surface area (Å²) in [4.78, 5) is 16.4. The number of allylic oxidation sites excluding steroid dienone is 1. The van der Waals surface area contributed by atoms with Crippen molar-refractivity contribution in [2.75, 3.05) is 0 Å². The van der Waals surface area contributed by atoms with Crippen LogP contribution in [0.25, 0.3) is 16.7 Å². The van der Waals surface area contributed by atoms with Crippen LogP contribution in [0.1, 0.15) is 5.56 Å². The molecule has 0 N–H and O–H groups in total. The summed E-state index contributed by atoms with van der Waals surface area (Å²) in [6.45, 7) is 3.59. The van der Waals surface area contributed by atoms with Crippen LogP contribution in [0.4, 0.5) is 13.2 Å². The Kier molecular flexibility index (Phi) is 3.92. The Hall–Kier alpha value is -2.61. The molecule has 2 aromatic heterocycles. The first kappa shape index (κ1) is 16.3. The first-order valence-electron chi connectivity index (χ1n) is 6.71. The minimum absolute atomic E-state index is 0.0814. The molecule has 2 heterocycles. The molecule has 24 heavy (non-hydrogen) atoms. The van der Waals surface area contributed by atoms with Crippen molar-refractivity contribution in [3.8, 4) is 5.69 Å². The van der Waals surface area contributed by atoms with E-state index in [1.807, 2.05) is 0 Å². The molecule has 5 nitrogen and oxygen atoms in total. The predicted octanol–water partition coefficient (Wildman–Crippen LogP) is 3.35. The molecule has 0 aliphatic rings. The molecule has 0 unspecified atom stereocenters. The largest absolute Gasteiger partial charge is 0.416 e. The Bertz CT molecular complexity index is 990. The number of alkyl halides is 3. The number of aromatic nitrogens is 4. The van der Waals surface area contributed by atoms with Gasteiger partial charge in [-0.25, -0.2) is 9.67 Å². The fraction of sp³-hybridized carbons (Fsp3) is 0.133. The zero-order chi connectivity index (χ0) is 17.5. The van der Waals surface area contributed by atoms with E-state index in [4.69, 9.17) is 11.6 Å². The molecule has 9 heteroatoms. The maximum Gasteiger partial charge on any atom is 0.416 e. The summed E-state index contributed by atoms with van der Waals surface area (Å²) in [5.74, 6) is 0. The second-order valence-electron chi connectivity index (χ2n) is 5.04. The Morgan fingerprint density at radius 2 is 2.08 bits per heavy atom. The summed E-state index contributed by atoms with van der Waals surface area (Å²) < 4.78 is 41.0. The third kappa shape index (κ3) is 2.92. The molecule has 0 aliphatic heterocycles. The van der Waals surface area contributed by atoms with Gasteiger partial charge in [0.05, 0.1) is 24.0 Å². The predicted molar refractivity (Wildman–Crippen MR) is 83.1 cm³/mol. The molecule has 0 radical (unpaired) electrons. The highest BCUT2D eigenvalue weighted by atomic mass is 35.5. The lowest BCUT2D eigenvalue weighted by molar-refractivity contribution is -0.137. The fourth-order valence-electron chi connectivity index (χ4n) is 2.25. The van der Waals surface area contributed by atoms with Crippen molar-refractivity contribution in [2.24, 2.45) is 0 Å². The lowest BCUT2D eigenvalue weighted by Gasteiger charge is -2.09. The van der Waals surface area contributed by atoms with Gasteiger partial charge in [-0.2, -0.15) is 18.3 Å². The molecular formula is C15H10ClF3N4O. The highest BCUT2D eigenvalue weighted by Gasteiger charge is 2.30. The van der Waals surface area contributed by atoms with Gasteiger partial charge < -0.3 is 0 Å². The van der Waals surface area contributed by atoms with Crippen molar-refractivity contribution in [2.45, 2.75) is 12.7 Å². The lowest BCUT2D eigenvalue weighted by Crippen LogP contribution is -2.20. The number of benzene rings is 1. The zero-order valence-corrected chi connectivity index (χ0v) is 12.8. The molecule has 0 spiro atoms. The summed E-state index contributed by atoms with van der Waals surface area (Å²) >= 11 is 5.69. The molecule has 3 rings (SSSR count). The van der Waals surface area contributed by atoms with Crippen LogP contribution in [-0.2, 0) is 12.7 Å². The Morgan fingerprint density at radius 1 is 1.33 bits per heavy atom. The summed E-state index contributed by atoms with van der Waals surface area (Å²) in [6.07, 6.45) is -1.96. The average molecular weight is 355 g/mol. The van der Waals surface area contributed by atoms with E-state index in [2.05, 4.69) is 16.7 Å². The zero-order valence-electron chi connectivity index (χ0n) is 12.1. The molecule has 124 valence electrons. The van der Waals surface area contributed by atoms with Gasteiger partial charge >= 0.3 is 6.18 Å². The normalized spacial score (nSPS) is 11.8. The minimum Gasteiger partial charge on any atom is -0.293 e. The van der Waals surface area contributed by atoms with E-state index in [0.29, 0.717) is 0 Å². The third-order valence-corrected chi connectivity index (χ3v) is 3.43. The third-order valence-electron chi connectivity index (χ3n) is 3.31. The molecule has 0 saturated carbocycles. The van der Waals surface area contributed by atoms with Crippen LogP contribution >= 0.6 is 11.6 Å². The summed E-state index contributed by atoms with van der Waals surface area (Å²) in [5, 5.41) is 4.42. The molecule has 0 aliphatic carbocycles. The molecule has 0 fully saturated rings. The van der Waals surface area contributed by atoms with Crippen LogP contribution in [-0.4, -0.2) is 19.3 Å². The van der Waals surface area contributed by atoms with Crippen molar-refractivity contribution < 1.29 is 13.2 Å². The number of nitrogens with zero attached hydrogens (tertiary/aromatic N) is 4. The van der Waals surface area contributed by atoms with Gasteiger partial charge in [-0.1, -0.05) is 24.2 Å². The number of halogens is 4. The van der Waals surface area contributed by atoms with Gasteiger partial charge in [0.1, 0.15) is 11.7 Å². The fourth-order valence-corrected chi connectivity index (χ4v) is 2.38. The van der Waals surface area contributed by atoms with Gasteiger partial charge in [-0.15, -0.1) is 0 Å². The number of fused-ring (bicyclic) bond motifs is 1. The van der Waals surface area contributed by atoms with Crippen molar-refractivity contribution >= 4 is 22.6 Å². The van der Waals surface area contributed by atoms with E-state index in [1.165, 1.54) is 33.9 Å².